The van der Waals surface area contributed by atoms with E-state index in [1.807, 2.05) is 0 Å². The SMILES string of the molecule is CCN(CC(N)=O)C(=O)N(C)C1(CC(=O)O)CCCCC1. The fourth-order valence-electron chi connectivity index (χ4n) is 3.04. The van der Waals surface area contributed by atoms with Gasteiger partial charge in [-0.1, -0.05) is 19.3 Å². The first kappa shape index (κ1) is 17.3. The van der Waals surface area contributed by atoms with Crippen LogP contribution in [0.25, 0.3) is 0 Å². The Morgan fingerprint density at radius 1 is 1.19 bits per heavy atom. The summed E-state index contributed by atoms with van der Waals surface area (Å²) in [5.41, 5.74) is 4.49. The number of likely N-dealkylation sites (N-methyl/N-ethyl adjacent to an activating group) is 1. The lowest BCUT2D eigenvalue weighted by molar-refractivity contribution is -0.140. The molecule has 7 nitrogen and oxygen atoms in total. The van der Waals surface area contributed by atoms with Gasteiger partial charge in [-0.05, 0) is 19.8 Å². The highest BCUT2D eigenvalue weighted by Gasteiger charge is 2.41. The van der Waals surface area contributed by atoms with Crippen molar-refractivity contribution in [1.82, 2.24) is 9.80 Å². The monoisotopic (exact) mass is 299 g/mol. The molecule has 0 spiro atoms. The van der Waals surface area contributed by atoms with Crippen LogP contribution in [0.5, 0.6) is 0 Å². The number of amides is 3. The van der Waals surface area contributed by atoms with Crippen molar-refractivity contribution in [3.05, 3.63) is 0 Å². The molecule has 0 heterocycles. The molecule has 0 aliphatic heterocycles. The van der Waals surface area contributed by atoms with Gasteiger partial charge in [-0.2, -0.15) is 0 Å². The van der Waals surface area contributed by atoms with Gasteiger partial charge in [0.05, 0.1) is 12.0 Å². The molecule has 0 aromatic rings. The van der Waals surface area contributed by atoms with E-state index in [0.29, 0.717) is 19.4 Å². The topological polar surface area (TPSA) is 104 Å². The van der Waals surface area contributed by atoms with Gasteiger partial charge in [-0.25, -0.2) is 4.79 Å². The van der Waals surface area contributed by atoms with Crippen LogP contribution in [0.2, 0.25) is 0 Å². The van der Waals surface area contributed by atoms with Crippen LogP contribution in [-0.2, 0) is 9.59 Å². The second-order valence-corrected chi connectivity index (χ2v) is 5.68. The highest BCUT2D eigenvalue weighted by molar-refractivity contribution is 5.83. The van der Waals surface area contributed by atoms with Gasteiger partial charge in [0.1, 0.15) is 6.54 Å². The molecule has 21 heavy (non-hydrogen) atoms. The van der Waals surface area contributed by atoms with Crippen molar-refractivity contribution in [3.8, 4) is 0 Å². The number of hydrogen-bond acceptors (Lipinski definition) is 3. The lowest BCUT2D eigenvalue weighted by Crippen LogP contribution is -2.56. The number of aliphatic carboxylic acids is 1. The van der Waals surface area contributed by atoms with Crippen LogP contribution in [0.15, 0.2) is 0 Å². The second kappa shape index (κ2) is 7.28. The molecule has 1 rings (SSSR count). The lowest BCUT2D eigenvalue weighted by atomic mass is 9.78. The number of primary amides is 1. The molecule has 1 saturated carbocycles. The normalized spacial score (nSPS) is 17.0. The Hall–Kier alpha value is -1.79. The molecule has 0 aromatic heterocycles. The first-order valence-corrected chi connectivity index (χ1v) is 7.35. The molecule has 0 unspecified atom stereocenters. The fraction of sp³-hybridized carbons (Fsp3) is 0.786. The Balaban J connectivity index is 2.92. The molecule has 0 radical (unpaired) electrons. The standard InChI is InChI=1S/C14H25N3O4/c1-3-17(10-11(15)18)13(21)16(2)14(9-12(19)20)7-5-4-6-8-14/h3-10H2,1-2H3,(H2,15,18)(H,19,20). The van der Waals surface area contributed by atoms with Gasteiger partial charge >= 0.3 is 12.0 Å². The highest BCUT2D eigenvalue weighted by atomic mass is 16.4. The van der Waals surface area contributed by atoms with Gasteiger partial charge in [0.15, 0.2) is 0 Å². The molecule has 1 aliphatic carbocycles. The van der Waals surface area contributed by atoms with Crippen LogP contribution in [0.1, 0.15) is 45.4 Å². The molecular formula is C14H25N3O4. The minimum Gasteiger partial charge on any atom is -0.481 e. The molecule has 120 valence electrons. The van der Waals surface area contributed by atoms with Gasteiger partial charge < -0.3 is 20.6 Å². The Bertz CT molecular complexity index is 405. The Morgan fingerprint density at radius 3 is 2.19 bits per heavy atom. The number of nitrogens with zero attached hydrogens (tertiary/aromatic N) is 2. The lowest BCUT2D eigenvalue weighted by Gasteiger charge is -2.45. The summed E-state index contributed by atoms with van der Waals surface area (Å²) in [5.74, 6) is -1.48. The largest absolute Gasteiger partial charge is 0.481 e. The van der Waals surface area contributed by atoms with Crippen LogP contribution in [0.3, 0.4) is 0 Å². The van der Waals surface area contributed by atoms with Crippen LogP contribution >= 0.6 is 0 Å². The average molecular weight is 299 g/mol. The van der Waals surface area contributed by atoms with Gasteiger partial charge in [-0.3, -0.25) is 9.59 Å². The third-order valence-electron chi connectivity index (χ3n) is 4.26. The van der Waals surface area contributed by atoms with Crippen molar-refractivity contribution in [3.63, 3.8) is 0 Å². The smallest absolute Gasteiger partial charge is 0.320 e. The predicted molar refractivity (Wildman–Crippen MR) is 77.7 cm³/mol. The Labute approximate surface area is 125 Å². The van der Waals surface area contributed by atoms with Crippen LogP contribution in [0, 0.1) is 0 Å². The zero-order chi connectivity index (χ0) is 16.0. The highest BCUT2D eigenvalue weighted by Crippen LogP contribution is 2.36. The summed E-state index contributed by atoms with van der Waals surface area (Å²) < 4.78 is 0. The summed E-state index contributed by atoms with van der Waals surface area (Å²) >= 11 is 0. The molecule has 0 bridgehead atoms. The van der Waals surface area contributed by atoms with E-state index >= 15 is 0 Å². The van der Waals surface area contributed by atoms with E-state index in [0.717, 1.165) is 19.3 Å². The quantitative estimate of drug-likeness (QED) is 0.764. The maximum absolute atomic E-state index is 12.5. The molecule has 0 atom stereocenters. The molecule has 7 heteroatoms. The van der Waals surface area contributed by atoms with Crippen molar-refractivity contribution >= 4 is 17.9 Å². The predicted octanol–water partition coefficient (Wildman–Crippen LogP) is 1.02. The summed E-state index contributed by atoms with van der Waals surface area (Å²) in [6.07, 6.45) is 4.16. The van der Waals surface area contributed by atoms with Crippen molar-refractivity contribution in [2.75, 3.05) is 20.1 Å². The molecule has 0 saturated heterocycles. The van der Waals surface area contributed by atoms with E-state index in [1.165, 1.54) is 9.80 Å². The number of carbonyl (C=O) groups is 3. The van der Waals surface area contributed by atoms with Gasteiger partial charge in [0.25, 0.3) is 0 Å². The molecule has 0 aromatic carbocycles. The number of carboxylic acid groups (broad SMARTS) is 1. The van der Waals surface area contributed by atoms with E-state index in [4.69, 9.17) is 5.73 Å². The minimum atomic E-state index is -0.908. The first-order chi connectivity index (χ1) is 9.82. The average Bonchev–Trinajstić information content (AvgIpc) is 2.43. The van der Waals surface area contributed by atoms with Gasteiger partial charge in [0.2, 0.25) is 5.91 Å². The van der Waals surface area contributed by atoms with E-state index in [1.54, 1.807) is 14.0 Å². The minimum absolute atomic E-state index is 0.0661. The number of urea groups is 1. The third kappa shape index (κ3) is 4.34. The van der Waals surface area contributed by atoms with E-state index < -0.39 is 17.4 Å². The summed E-state index contributed by atoms with van der Waals surface area (Å²) in [7, 11) is 1.63. The van der Waals surface area contributed by atoms with Crippen LogP contribution in [-0.4, -0.2) is 58.5 Å². The zero-order valence-electron chi connectivity index (χ0n) is 12.8. The molecule has 3 N–H and O–H groups in total. The number of rotatable bonds is 6. The van der Waals surface area contributed by atoms with Gasteiger partial charge in [0, 0.05) is 13.6 Å². The summed E-state index contributed by atoms with van der Waals surface area (Å²) in [6.45, 7) is 1.97. The molecular weight excluding hydrogens is 274 g/mol. The van der Waals surface area contributed by atoms with Crippen LogP contribution < -0.4 is 5.73 Å². The van der Waals surface area contributed by atoms with Crippen molar-refractivity contribution < 1.29 is 19.5 Å². The van der Waals surface area contributed by atoms with Crippen LogP contribution in [0.4, 0.5) is 4.79 Å². The summed E-state index contributed by atoms with van der Waals surface area (Å²) in [5, 5.41) is 9.18. The van der Waals surface area contributed by atoms with E-state index in [-0.39, 0.29) is 19.0 Å². The van der Waals surface area contributed by atoms with Crippen molar-refractivity contribution in [1.29, 1.82) is 0 Å². The van der Waals surface area contributed by atoms with Crippen molar-refractivity contribution in [2.24, 2.45) is 5.73 Å². The van der Waals surface area contributed by atoms with Crippen molar-refractivity contribution in [2.45, 2.75) is 51.0 Å². The number of hydrogen-bond donors (Lipinski definition) is 2. The molecule has 3 amide bonds. The zero-order valence-corrected chi connectivity index (χ0v) is 12.8. The maximum atomic E-state index is 12.5. The second-order valence-electron chi connectivity index (χ2n) is 5.68. The summed E-state index contributed by atoms with van der Waals surface area (Å²) in [6, 6.07) is -0.334. The Kier molecular flexibility index (Phi) is 5.99. The third-order valence-corrected chi connectivity index (χ3v) is 4.26. The number of nitrogens with two attached hydrogens (primary N) is 1. The first-order valence-electron chi connectivity index (χ1n) is 7.35. The summed E-state index contributed by atoms with van der Waals surface area (Å²) in [4.78, 5) is 37.6. The fourth-order valence-corrected chi connectivity index (χ4v) is 3.04. The van der Waals surface area contributed by atoms with E-state index in [9.17, 15) is 19.5 Å². The maximum Gasteiger partial charge on any atom is 0.320 e. The number of carbonyl (C=O) groups excluding carboxylic acids is 2. The van der Waals surface area contributed by atoms with Gasteiger partial charge in [-0.15, -0.1) is 0 Å². The molecule has 1 fully saturated rings. The molecule has 1 aliphatic rings. The Morgan fingerprint density at radius 2 is 1.76 bits per heavy atom. The number of carboxylic acids is 1. The van der Waals surface area contributed by atoms with E-state index in [2.05, 4.69) is 0 Å².